The largest absolute Gasteiger partial charge is 0.324 e. The quantitative estimate of drug-likeness (QED) is 0.843. The highest BCUT2D eigenvalue weighted by Gasteiger charge is 2.29. The molecule has 2 aromatic rings. The topological polar surface area (TPSA) is 66.5 Å². The fraction of sp³-hybridized carbons (Fsp3) is 0.316. The molecular weight excluding hydrogens is 372 g/mol. The molecule has 1 atom stereocenters. The third-order valence-corrected chi connectivity index (χ3v) is 6.63. The molecule has 7 heteroatoms. The number of nitrogens with zero attached hydrogens (tertiary/aromatic N) is 1. The van der Waals surface area contributed by atoms with Gasteiger partial charge < -0.3 is 5.32 Å². The molecule has 5 nitrogen and oxygen atoms in total. The van der Waals surface area contributed by atoms with E-state index in [9.17, 15) is 13.2 Å². The molecule has 1 amide bonds. The van der Waals surface area contributed by atoms with Crippen molar-refractivity contribution in [3.63, 3.8) is 0 Å². The van der Waals surface area contributed by atoms with Gasteiger partial charge in [-0.15, -0.1) is 0 Å². The van der Waals surface area contributed by atoms with E-state index in [0.29, 0.717) is 35.8 Å². The lowest BCUT2D eigenvalue weighted by atomic mass is 10.0. The predicted octanol–water partition coefficient (Wildman–Crippen LogP) is 3.70. The molecule has 1 aliphatic heterocycles. The molecule has 1 fully saturated rings. The number of benzene rings is 2. The number of rotatable bonds is 5. The number of halogens is 1. The van der Waals surface area contributed by atoms with Crippen LogP contribution in [0.25, 0.3) is 0 Å². The van der Waals surface area contributed by atoms with Gasteiger partial charge in [0.2, 0.25) is 15.9 Å². The summed E-state index contributed by atoms with van der Waals surface area (Å²) in [6, 6.07) is 14.7. The van der Waals surface area contributed by atoms with E-state index in [1.807, 2.05) is 37.3 Å². The van der Waals surface area contributed by atoms with Crippen LogP contribution in [0.2, 0.25) is 5.02 Å². The summed E-state index contributed by atoms with van der Waals surface area (Å²) >= 11 is 6.20. The van der Waals surface area contributed by atoms with Crippen molar-refractivity contribution >= 4 is 38.9 Å². The molecule has 1 aliphatic rings. The second-order valence-electron chi connectivity index (χ2n) is 6.49. The lowest BCUT2D eigenvalue weighted by molar-refractivity contribution is -0.119. The summed E-state index contributed by atoms with van der Waals surface area (Å²) in [5, 5.41) is 3.21. The molecule has 1 N–H and O–H groups in total. The van der Waals surface area contributed by atoms with E-state index < -0.39 is 10.0 Å². The molecule has 0 saturated carbocycles. The molecule has 0 aromatic heterocycles. The smallest absolute Gasteiger partial charge is 0.235 e. The Kier molecular flexibility index (Phi) is 5.53. The molecular formula is C19H21ClN2O3S. The minimum absolute atomic E-state index is 0.144. The SMILES string of the molecule is CC(Cc1ccccc1)C(=O)Nc1cc(N2CCCS2(=O)=O)ccc1Cl. The highest BCUT2D eigenvalue weighted by Crippen LogP contribution is 2.31. The Morgan fingerprint density at radius 1 is 1.23 bits per heavy atom. The van der Waals surface area contributed by atoms with Crippen LogP contribution in [0.15, 0.2) is 48.5 Å². The Hall–Kier alpha value is -2.05. The molecule has 0 spiro atoms. The third-order valence-electron chi connectivity index (χ3n) is 4.43. The molecule has 2 aromatic carbocycles. The van der Waals surface area contributed by atoms with Crippen molar-refractivity contribution in [3.05, 3.63) is 59.1 Å². The lowest BCUT2D eigenvalue weighted by Gasteiger charge is -2.19. The summed E-state index contributed by atoms with van der Waals surface area (Å²) in [7, 11) is -3.28. The summed E-state index contributed by atoms with van der Waals surface area (Å²) in [5.74, 6) is -0.254. The maximum absolute atomic E-state index is 12.5. The number of carbonyl (C=O) groups excluding carboxylic acids is 1. The highest BCUT2D eigenvalue weighted by atomic mass is 35.5. The second-order valence-corrected chi connectivity index (χ2v) is 8.91. The van der Waals surface area contributed by atoms with E-state index >= 15 is 0 Å². The third kappa shape index (κ3) is 4.19. The van der Waals surface area contributed by atoms with E-state index in [1.165, 1.54) is 4.31 Å². The van der Waals surface area contributed by atoms with Crippen LogP contribution in [-0.2, 0) is 21.2 Å². The van der Waals surface area contributed by atoms with Gasteiger partial charge in [-0.2, -0.15) is 0 Å². The van der Waals surface area contributed by atoms with Gasteiger partial charge in [0.15, 0.2) is 0 Å². The van der Waals surface area contributed by atoms with Gasteiger partial charge in [-0.05, 0) is 36.6 Å². The van der Waals surface area contributed by atoms with E-state index in [1.54, 1.807) is 18.2 Å². The van der Waals surface area contributed by atoms with Crippen LogP contribution >= 0.6 is 11.6 Å². The Balaban J connectivity index is 1.74. The molecule has 1 heterocycles. The van der Waals surface area contributed by atoms with Crippen LogP contribution in [-0.4, -0.2) is 26.6 Å². The van der Waals surface area contributed by atoms with Crippen LogP contribution in [0.1, 0.15) is 18.9 Å². The average molecular weight is 393 g/mol. The van der Waals surface area contributed by atoms with Crippen molar-refractivity contribution in [2.45, 2.75) is 19.8 Å². The fourth-order valence-corrected chi connectivity index (χ4v) is 4.73. The van der Waals surface area contributed by atoms with Crippen molar-refractivity contribution in [1.29, 1.82) is 0 Å². The number of sulfonamides is 1. The minimum Gasteiger partial charge on any atom is -0.324 e. The van der Waals surface area contributed by atoms with Gasteiger partial charge >= 0.3 is 0 Å². The van der Waals surface area contributed by atoms with E-state index in [2.05, 4.69) is 5.32 Å². The Labute approximate surface area is 159 Å². The van der Waals surface area contributed by atoms with Crippen LogP contribution in [0.3, 0.4) is 0 Å². The van der Waals surface area contributed by atoms with Crippen LogP contribution in [0.5, 0.6) is 0 Å². The van der Waals surface area contributed by atoms with Crippen molar-refractivity contribution < 1.29 is 13.2 Å². The summed E-state index contributed by atoms with van der Waals surface area (Å²) in [6.45, 7) is 2.30. The number of carbonyl (C=O) groups is 1. The van der Waals surface area contributed by atoms with Gasteiger partial charge in [0.1, 0.15) is 0 Å². The number of anilines is 2. The Morgan fingerprint density at radius 3 is 2.62 bits per heavy atom. The van der Waals surface area contributed by atoms with Gasteiger partial charge in [-0.3, -0.25) is 9.10 Å². The zero-order valence-corrected chi connectivity index (χ0v) is 16.1. The first-order valence-corrected chi connectivity index (χ1v) is 10.5. The average Bonchev–Trinajstić information content (AvgIpc) is 2.97. The first kappa shape index (κ1) is 18.7. The zero-order chi connectivity index (χ0) is 18.7. The number of hydrogen-bond donors (Lipinski definition) is 1. The first-order valence-electron chi connectivity index (χ1n) is 8.51. The lowest BCUT2D eigenvalue weighted by Crippen LogP contribution is -2.26. The minimum atomic E-state index is -3.28. The van der Waals surface area contributed by atoms with E-state index in [0.717, 1.165) is 5.56 Å². The standard InChI is InChI=1S/C19H21ClN2O3S/c1-14(12-15-6-3-2-4-7-15)19(23)21-18-13-16(8-9-17(18)20)22-10-5-11-26(22,24)25/h2-4,6-9,13-14H,5,10-12H2,1H3,(H,21,23). The summed E-state index contributed by atoms with van der Waals surface area (Å²) in [6.07, 6.45) is 1.21. The fourth-order valence-electron chi connectivity index (χ4n) is 3.01. The molecule has 26 heavy (non-hydrogen) atoms. The Morgan fingerprint density at radius 2 is 1.96 bits per heavy atom. The van der Waals surface area contributed by atoms with Crippen LogP contribution < -0.4 is 9.62 Å². The monoisotopic (exact) mass is 392 g/mol. The molecule has 3 rings (SSSR count). The molecule has 0 radical (unpaired) electrons. The van der Waals surface area contributed by atoms with E-state index in [-0.39, 0.29) is 17.6 Å². The van der Waals surface area contributed by atoms with Gasteiger partial charge in [-0.25, -0.2) is 8.42 Å². The van der Waals surface area contributed by atoms with Crippen LogP contribution in [0.4, 0.5) is 11.4 Å². The molecule has 1 saturated heterocycles. The molecule has 0 bridgehead atoms. The van der Waals surface area contributed by atoms with E-state index in [4.69, 9.17) is 11.6 Å². The molecule has 1 unspecified atom stereocenters. The van der Waals surface area contributed by atoms with Gasteiger partial charge in [0, 0.05) is 12.5 Å². The zero-order valence-electron chi connectivity index (χ0n) is 14.5. The maximum Gasteiger partial charge on any atom is 0.235 e. The normalized spacial score (nSPS) is 17.1. The van der Waals surface area contributed by atoms with Gasteiger partial charge in [-0.1, -0.05) is 48.9 Å². The predicted molar refractivity (Wildman–Crippen MR) is 105 cm³/mol. The maximum atomic E-state index is 12.5. The molecule has 138 valence electrons. The number of nitrogens with one attached hydrogen (secondary N) is 1. The Bertz CT molecular complexity index is 900. The van der Waals surface area contributed by atoms with Gasteiger partial charge in [0.05, 0.1) is 22.2 Å². The van der Waals surface area contributed by atoms with Crippen molar-refractivity contribution in [1.82, 2.24) is 0 Å². The second kappa shape index (κ2) is 7.68. The van der Waals surface area contributed by atoms with Crippen molar-refractivity contribution in [3.8, 4) is 0 Å². The molecule has 0 aliphatic carbocycles. The van der Waals surface area contributed by atoms with Crippen molar-refractivity contribution in [2.24, 2.45) is 5.92 Å². The first-order chi connectivity index (χ1) is 12.4. The number of hydrogen-bond acceptors (Lipinski definition) is 3. The highest BCUT2D eigenvalue weighted by molar-refractivity contribution is 7.93. The van der Waals surface area contributed by atoms with Crippen molar-refractivity contribution in [2.75, 3.05) is 21.9 Å². The van der Waals surface area contributed by atoms with Gasteiger partial charge in [0.25, 0.3) is 0 Å². The van der Waals surface area contributed by atoms with Crippen LogP contribution in [0, 0.1) is 5.92 Å². The number of amides is 1. The summed E-state index contributed by atoms with van der Waals surface area (Å²) in [4.78, 5) is 12.5. The summed E-state index contributed by atoms with van der Waals surface area (Å²) < 4.78 is 25.6. The summed E-state index contributed by atoms with van der Waals surface area (Å²) in [5.41, 5.74) is 2.03.